The van der Waals surface area contributed by atoms with Crippen molar-refractivity contribution in [3.8, 4) is 28.0 Å². The highest BCUT2D eigenvalue weighted by atomic mass is 19.4. The van der Waals surface area contributed by atoms with Crippen LogP contribution in [0.5, 0.6) is 5.75 Å². The van der Waals surface area contributed by atoms with E-state index in [1.807, 2.05) is 48.5 Å². The Morgan fingerprint density at radius 1 is 0.757 bits per heavy atom. The van der Waals surface area contributed by atoms with E-state index in [9.17, 15) is 23.1 Å². The third-order valence-corrected chi connectivity index (χ3v) is 6.43. The van der Waals surface area contributed by atoms with E-state index in [4.69, 9.17) is 4.74 Å². The summed E-state index contributed by atoms with van der Waals surface area (Å²) in [5.41, 5.74) is 2.37. The molecule has 0 saturated heterocycles. The molecule has 6 heteroatoms. The number of hydrogen-bond donors (Lipinski definition) is 1. The summed E-state index contributed by atoms with van der Waals surface area (Å²) in [6, 6.07) is 21.9. The first-order chi connectivity index (χ1) is 17.8. The van der Waals surface area contributed by atoms with Crippen molar-refractivity contribution in [1.82, 2.24) is 0 Å². The number of carboxylic acids is 1. The standard InChI is InChI=1S/C31H29F3O3/c1-2-3-4-5-6-17-37-27-15-12-22(13-16-27)21-7-9-23(10-8-21)25-18-24-11-14-26(31(32,33)34)20-28(24)29(19-25)30(35)36/h7-16,18-20H,2-6,17H2,1H3,(H,35,36). The summed E-state index contributed by atoms with van der Waals surface area (Å²) in [5, 5.41) is 10.2. The second kappa shape index (κ2) is 11.5. The largest absolute Gasteiger partial charge is 0.494 e. The summed E-state index contributed by atoms with van der Waals surface area (Å²) in [6.45, 7) is 2.90. The quantitative estimate of drug-likeness (QED) is 0.218. The summed E-state index contributed by atoms with van der Waals surface area (Å²) in [4.78, 5) is 11.9. The van der Waals surface area contributed by atoms with Crippen molar-refractivity contribution < 1.29 is 27.8 Å². The molecule has 0 fully saturated rings. The van der Waals surface area contributed by atoms with Crippen molar-refractivity contribution in [3.05, 3.63) is 90.0 Å². The van der Waals surface area contributed by atoms with Crippen LogP contribution >= 0.6 is 0 Å². The number of halogens is 3. The molecule has 0 aliphatic heterocycles. The summed E-state index contributed by atoms with van der Waals surface area (Å²) < 4.78 is 45.3. The molecule has 3 nitrogen and oxygen atoms in total. The van der Waals surface area contributed by atoms with Crippen LogP contribution in [0.2, 0.25) is 0 Å². The molecule has 0 aliphatic rings. The predicted octanol–water partition coefficient (Wildman–Crippen LogP) is 9.24. The van der Waals surface area contributed by atoms with Crippen molar-refractivity contribution in [3.63, 3.8) is 0 Å². The number of aromatic carboxylic acids is 1. The van der Waals surface area contributed by atoms with Crippen LogP contribution in [0.3, 0.4) is 0 Å². The van der Waals surface area contributed by atoms with E-state index in [0.717, 1.165) is 41.0 Å². The van der Waals surface area contributed by atoms with E-state index in [-0.39, 0.29) is 10.9 Å². The number of carboxylic acid groups (broad SMARTS) is 1. The maximum atomic E-state index is 13.1. The Kier molecular flexibility index (Phi) is 8.17. The van der Waals surface area contributed by atoms with Crippen LogP contribution in [-0.2, 0) is 6.18 Å². The maximum absolute atomic E-state index is 13.1. The number of fused-ring (bicyclic) bond motifs is 1. The van der Waals surface area contributed by atoms with Gasteiger partial charge in [-0.3, -0.25) is 0 Å². The topological polar surface area (TPSA) is 46.5 Å². The van der Waals surface area contributed by atoms with Crippen molar-refractivity contribution in [2.24, 2.45) is 0 Å². The lowest BCUT2D eigenvalue weighted by Gasteiger charge is -2.12. The molecule has 0 bridgehead atoms. The van der Waals surface area contributed by atoms with Crippen LogP contribution < -0.4 is 4.74 Å². The minimum Gasteiger partial charge on any atom is -0.494 e. The molecule has 0 spiro atoms. The molecule has 0 amide bonds. The first kappa shape index (κ1) is 26.3. The van der Waals surface area contributed by atoms with E-state index in [1.165, 1.54) is 37.8 Å². The minimum atomic E-state index is -4.54. The van der Waals surface area contributed by atoms with E-state index in [1.54, 1.807) is 6.07 Å². The predicted molar refractivity (Wildman–Crippen MR) is 141 cm³/mol. The van der Waals surface area contributed by atoms with Crippen LogP contribution in [0.1, 0.15) is 54.9 Å². The van der Waals surface area contributed by atoms with Gasteiger partial charge in [0.15, 0.2) is 0 Å². The second-order valence-electron chi connectivity index (χ2n) is 9.13. The molecule has 0 radical (unpaired) electrons. The molecule has 0 heterocycles. The highest BCUT2D eigenvalue weighted by Crippen LogP contribution is 2.35. The first-order valence-electron chi connectivity index (χ1n) is 12.5. The van der Waals surface area contributed by atoms with Gasteiger partial charge in [0, 0.05) is 0 Å². The average Bonchev–Trinajstić information content (AvgIpc) is 2.89. The number of ether oxygens (including phenoxy) is 1. The van der Waals surface area contributed by atoms with Crippen molar-refractivity contribution in [2.45, 2.75) is 45.2 Å². The molecule has 0 aromatic heterocycles. The molecular formula is C31H29F3O3. The highest BCUT2D eigenvalue weighted by Gasteiger charge is 2.31. The second-order valence-corrected chi connectivity index (χ2v) is 9.13. The Hall–Kier alpha value is -3.80. The van der Waals surface area contributed by atoms with E-state index in [0.29, 0.717) is 17.6 Å². The molecule has 0 saturated carbocycles. The van der Waals surface area contributed by atoms with E-state index in [2.05, 4.69) is 6.92 Å². The van der Waals surface area contributed by atoms with Crippen molar-refractivity contribution >= 4 is 16.7 Å². The monoisotopic (exact) mass is 506 g/mol. The normalized spacial score (nSPS) is 11.6. The number of hydrogen-bond acceptors (Lipinski definition) is 2. The fourth-order valence-electron chi connectivity index (χ4n) is 4.37. The summed E-state index contributed by atoms with van der Waals surface area (Å²) in [6.07, 6.45) is 1.41. The third kappa shape index (κ3) is 6.50. The van der Waals surface area contributed by atoms with Gasteiger partial charge < -0.3 is 9.84 Å². The van der Waals surface area contributed by atoms with Gasteiger partial charge in [-0.15, -0.1) is 0 Å². The number of rotatable bonds is 10. The SMILES string of the molecule is CCCCCCCOc1ccc(-c2ccc(-c3cc(C(=O)O)c4cc(C(F)(F)F)ccc4c3)cc2)cc1. The number of benzene rings is 4. The molecule has 4 aromatic rings. The van der Waals surface area contributed by atoms with Gasteiger partial charge in [0.25, 0.3) is 0 Å². The van der Waals surface area contributed by atoms with Gasteiger partial charge in [0.1, 0.15) is 5.75 Å². The van der Waals surface area contributed by atoms with Gasteiger partial charge in [0.05, 0.1) is 17.7 Å². The van der Waals surface area contributed by atoms with Gasteiger partial charge in [0.2, 0.25) is 0 Å². The smallest absolute Gasteiger partial charge is 0.416 e. The van der Waals surface area contributed by atoms with E-state index < -0.39 is 17.7 Å². The maximum Gasteiger partial charge on any atom is 0.416 e. The average molecular weight is 507 g/mol. The van der Waals surface area contributed by atoms with Crippen LogP contribution in [-0.4, -0.2) is 17.7 Å². The fourth-order valence-corrected chi connectivity index (χ4v) is 4.37. The van der Waals surface area contributed by atoms with Gasteiger partial charge in [-0.25, -0.2) is 4.79 Å². The molecule has 1 N–H and O–H groups in total. The lowest BCUT2D eigenvalue weighted by Crippen LogP contribution is -2.06. The van der Waals surface area contributed by atoms with E-state index >= 15 is 0 Å². The summed E-state index contributed by atoms with van der Waals surface area (Å²) in [5.74, 6) is -0.437. The first-order valence-corrected chi connectivity index (χ1v) is 12.5. The number of carbonyl (C=O) groups is 1. The third-order valence-electron chi connectivity index (χ3n) is 6.43. The molecule has 0 aliphatic carbocycles. The lowest BCUT2D eigenvalue weighted by atomic mass is 9.94. The van der Waals surface area contributed by atoms with Crippen molar-refractivity contribution in [1.29, 1.82) is 0 Å². The Bertz CT molecular complexity index is 1360. The zero-order valence-corrected chi connectivity index (χ0v) is 20.6. The zero-order valence-electron chi connectivity index (χ0n) is 20.6. The molecule has 37 heavy (non-hydrogen) atoms. The molecule has 4 aromatic carbocycles. The molecule has 0 atom stereocenters. The minimum absolute atomic E-state index is 0.0611. The van der Waals surface area contributed by atoms with Crippen LogP contribution in [0.15, 0.2) is 78.9 Å². The van der Waals surface area contributed by atoms with Gasteiger partial charge in [-0.05, 0) is 75.8 Å². The fraction of sp³-hybridized carbons (Fsp3) is 0.258. The highest BCUT2D eigenvalue weighted by molar-refractivity contribution is 6.06. The Balaban J connectivity index is 1.51. The summed E-state index contributed by atoms with van der Waals surface area (Å²) >= 11 is 0. The number of unbranched alkanes of at least 4 members (excludes halogenated alkanes) is 4. The number of alkyl halides is 3. The van der Waals surface area contributed by atoms with Gasteiger partial charge >= 0.3 is 12.1 Å². The summed E-state index contributed by atoms with van der Waals surface area (Å²) in [7, 11) is 0. The van der Waals surface area contributed by atoms with Gasteiger partial charge in [-0.2, -0.15) is 13.2 Å². The van der Waals surface area contributed by atoms with Crippen molar-refractivity contribution in [2.75, 3.05) is 6.61 Å². The molecular weight excluding hydrogens is 477 g/mol. The lowest BCUT2D eigenvalue weighted by molar-refractivity contribution is -0.137. The Morgan fingerprint density at radius 3 is 1.95 bits per heavy atom. The van der Waals surface area contributed by atoms with Crippen LogP contribution in [0, 0.1) is 0 Å². The van der Waals surface area contributed by atoms with Crippen LogP contribution in [0.25, 0.3) is 33.0 Å². The molecule has 4 rings (SSSR count). The Morgan fingerprint density at radius 2 is 1.35 bits per heavy atom. The van der Waals surface area contributed by atoms with Crippen LogP contribution in [0.4, 0.5) is 13.2 Å². The zero-order chi connectivity index (χ0) is 26.4. The Labute approximate surface area is 214 Å². The van der Waals surface area contributed by atoms with Gasteiger partial charge in [-0.1, -0.05) is 75.1 Å². The molecule has 192 valence electrons. The molecule has 0 unspecified atom stereocenters.